The Morgan fingerprint density at radius 1 is 1.25 bits per heavy atom. The van der Waals surface area contributed by atoms with Gasteiger partial charge in [-0.3, -0.25) is 10.1 Å². The fraction of sp³-hybridized carbons (Fsp3) is 0.118. The molecule has 0 radical (unpaired) electrons. The summed E-state index contributed by atoms with van der Waals surface area (Å²) in [5.74, 6) is -0.245. The number of anilines is 2. The number of thiophene rings is 1. The average molecular weight is 354 g/mol. The second-order valence-corrected chi connectivity index (χ2v) is 7.44. The zero-order chi connectivity index (χ0) is 16.8. The zero-order valence-electron chi connectivity index (χ0n) is 13.1. The molecule has 1 amide bonds. The lowest BCUT2D eigenvalue weighted by atomic mass is 10.1. The maximum absolute atomic E-state index is 12.5. The molecule has 0 saturated carbocycles. The number of rotatable bonds is 2. The number of carbonyl (C=O) groups excluding carboxylic acids is 1. The molecule has 24 heavy (non-hydrogen) atoms. The van der Waals surface area contributed by atoms with E-state index in [1.807, 2.05) is 43.5 Å². The summed E-state index contributed by atoms with van der Waals surface area (Å²) in [6, 6.07) is 8.02. The first kappa shape index (κ1) is 15.0. The highest BCUT2D eigenvalue weighted by atomic mass is 32.1. The number of hydrogen-bond donors (Lipinski definition) is 2. The van der Waals surface area contributed by atoms with E-state index in [9.17, 15) is 4.79 Å². The molecule has 0 aliphatic carbocycles. The summed E-state index contributed by atoms with van der Waals surface area (Å²) in [6.45, 7) is 3.91. The number of carbonyl (C=O) groups is 1. The third-order valence-electron chi connectivity index (χ3n) is 3.79. The van der Waals surface area contributed by atoms with Crippen LogP contribution in [0.2, 0.25) is 0 Å². The Kier molecular flexibility index (Phi) is 3.47. The van der Waals surface area contributed by atoms with Gasteiger partial charge in [-0.25, -0.2) is 9.97 Å². The van der Waals surface area contributed by atoms with Gasteiger partial charge in [-0.1, -0.05) is 18.2 Å². The molecule has 4 rings (SSSR count). The molecule has 1 aromatic carbocycles. The topological polar surface area (TPSA) is 80.9 Å². The van der Waals surface area contributed by atoms with Crippen molar-refractivity contribution in [2.24, 2.45) is 0 Å². The van der Waals surface area contributed by atoms with Gasteiger partial charge in [0.15, 0.2) is 5.13 Å². The number of pyridine rings is 1. The summed E-state index contributed by atoms with van der Waals surface area (Å²) in [5.41, 5.74) is 9.61. The Hall–Kier alpha value is -2.51. The van der Waals surface area contributed by atoms with Crippen LogP contribution in [0.1, 0.15) is 20.9 Å². The number of nitrogens with zero attached hydrogens (tertiary/aromatic N) is 2. The molecule has 3 heterocycles. The number of aryl methyl sites for hydroxylation is 2. The van der Waals surface area contributed by atoms with E-state index >= 15 is 0 Å². The van der Waals surface area contributed by atoms with E-state index in [-0.39, 0.29) is 5.91 Å². The number of amides is 1. The summed E-state index contributed by atoms with van der Waals surface area (Å²) in [6.07, 6.45) is 0. The van der Waals surface area contributed by atoms with Crippen LogP contribution in [0.5, 0.6) is 0 Å². The number of nitrogens with one attached hydrogen (secondary N) is 1. The van der Waals surface area contributed by atoms with Crippen molar-refractivity contribution in [3.05, 3.63) is 45.8 Å². The van der Waals surface area contributed by atoms with Crippen molar-refractivity contribution in [1.82, 2.24) is 9.97 Å². The fourth-order valence-electron chi connectivity index (χ4n) is 2.61. The fourth-order valence-corrected chi connectivity index (χ4v) is 4.26. The normalized spacial score (nSPS) is 11.2. The van der Waals surface area contributed by atoms with Gasteiger partial charge in [-0.15, -0.1) is 22.7 Å². The van der Waals surface area contributed by atoms with Gasteiger partial charge < -0.3 is 5.73 Å². The minimum Gasteiger partial charge on any atom is -0.397 e. The lowest BCUT2D eigenvalue weighted by molar-refractivity contribution is 0.103. The molecule has 0 aliphatic heterocycles. The highest BCUT2D eigenvalue weighted by Gasteiger charge is 2.19. The largest absolute Gasteiger partial charge is 0.397 e. The molecular formula is C17H14N4OS2. The summed E-state index contributed by atoms with van der Waals surface area (Å²) in [7, 11) is 0. The number of thiazole rings is 1. The first-order chi connectivity index (χ1) is 11.5. The van der Waals surface area contributed by atoms with Crippen molar-refractivity contribution < 1.29 is 4.79 Å². The van der Waals surface area contributed by atoms with Gasteiger partial charge in [0, 0.05) is 16.2 Å². The molecule has 0 unspecified atom stereocenters. The quantitative estimate of drug-likeness (QED) is 0.560. The molecular weight excluding hydrogens is 340 g/mol. The zero-order valence-corrected chi connectivity index (χ0v) is 14.7. The maximum atomic E-state index is 12.5. The molecule has 0 saturated heterocycles. The Balaban J connectivity index is 1.81. The molecule has 0 bridgehead atoms. The summed E-state index contributed by atoms with van der Waals surface area (Å²) in [4.78, 5) is 22.7. The van der Waals surface area contributed by atoms with Gasteiger partial charge >= 0.3 is 0 Å². The number of fused-ring (bicyclic) bond motifs is 2. The van der Waals surface area contributed by atoms with Crippen LogP contribution < -0.4 is 11.1 Å². The monoisotopic (exact) mass is 354 g/mol. The molecule has 5 nitrogen and oxygen atoms in total. The number of hydrogen-bond acceptors (Lipinski definition) is 6. The van der Waals surface area contributed by atoms with Crippen LogP contribution in [-0.2, 0) is 0 Å². The lowest BCUT2D eigenvalue weighted by Gasteiger charge is -2.01. The number of aromatic nitrogens is 2. The van der Waals surface area contributed by atoms with Crippen LogP contribution in [0.15, 0.2) is 29.6 Å². The third kappa shape index (κ3) is 2.42. The molecule has 3 aromatic heterocycles. The Morgan fingerprint density at radius 3 is 2.83 bits per heavy atom. The van der Waals surface area contributed by atoms with E-state index in [2.05, 4.69) is 10.3 Å². The minimum absolute atomic E-state index is 0.245. The second kappa shape index (κ2) is 5.54. The molecule has 3 N–H and O–H groups in total. The molecule has 0 atom stereocenters. The van der Waals surface area contributed by atoms with Crippen molar-refractivity contribution in [3.63, 3.8) is 0 Å². The van der Waals surface area contributed by atoms with E-state index < -0.39 is 0 Å². The van der Waals surface area contributed by atoms with Gasteiger partial charge in [0.2, 0.25) is 0 Å². The van der Waals surface area contributed by atoms with Crippen molar-refractivity contribution >= 4 is 60.5 Å². The Bertz CT molecular complexity index is 1100. The molecule has 0 spiro atoms. The van der Waals surface area contributed by atoms with E-state index in [0.29, 0.717) is 15.7 Å². The van der Waals surface area contributed by atoms with E-state index in [1.165, 1.54) is 22.7 Å². The number of nitrogens with two attached hydrogens (primary N) is 1. The SMILES string of the molecule is Cc1csc(NC(=O)c2sc3nc4c(C)cccc4cc3c2N)n1. The van der Waals surface area contributed by atoms with Gasteiger partial charge in [0.25, 0.3) is 5.91 Å². The predicted octanol–water partition coefficient (Wildman–Crippen LogP) is 4.36. The first-order valence-electron chi connectivity index (χ1n) is 7.35. The van der Waals surface area contributed by atoms with Crippen molar-refractivity contribution in [1.29, 1.82) is 0 Å². The predicted molar refractivity (Wildman–Crippen MR) is 101 cm³/mol. The van der Waals surface area contributed by atoms with Crippen LogP contribution in [0.4, 0.5) is 10.8 Å². The molecule has 0 fully saturated rings. The van der Waals surface area contributed by atoms with E-state index in [1.54, 1.807) is 0 Å². The van der Waals surface area contributed by atoms with Gasteiger partial charge in [0.05, 0.1) is 16.9 Å². The van der Waals surface area contributed by atoms with Gasteiger partial charge in [-0.2, -0.15) is 0 Å². The van der Waals surface area contributed by atoms with Crippen LogP contribution in [-0.4, -0.2) is 15.9 Å². The highest BCUT2D eigenvalue weighted by molar-refractivity contribution is 7.21. The molecule has 4 aromatic rings. The average Bonchev–Trinajstić information content (AvgIpc) is 3.10. The number of benzene rings is 1. The second-order valence-electron chi connectivity index (χ2n) is 5.58. The maximum Gasteiger partial charge on any atom is 0.269 e. The standard InChI is InChI=1S/C17H14N4OS2/c1-8-4-3-5-10-6-11-12(18)14(24-16(11)20-13(8)10)15(22)21-17-19-9(2)7-23-17/h3-7H,18H2,1-2H3,(H,19,21,22). The van der Waals surface area contributed by atoms with Crippen molar-refractivity contribution in [2.45, 2.75) is 13.8 Å². The third-order valence-corrected chi connectivity index (χ3v) is 5.78. The lowest BCUT2D eigenvalue weighted by Crippen LogP contribution is -2.11. The van der Waals surface area contributed by atoms with Crippen molar-refractivity contribution in [2.75, 3.05) is 11.1 Å². The molecule has 7 heteroatoms. The van der Waals surface area contributed by atoms with Crippen molar-refractivity contribution in [3.8, 4) is 0 Å². The number of nitrogen functional groups attached to an aromatic ring is 1. The van der Waals surface area contributed by atoms with Crippen LogP contribution in [0.3, 0.4) is 0 Å². The van der Waals surface area contributed by atoms with Gasteiger partial charge in [-0.05, 0) is 25.5 Å². The van der Waals surface area contributed by atoms with E-state index in [0.717, 1.165) is 32.4 Å². The minimum atomic E-state index is -0.245. The van der Waals surface area contributed by atoms with Crippen LogP contribution in [0, 0.1) is 13.8 Å². The summed E-state index contributed by atoms with van der Waals surface area (Å²) in [5, 5.41) is 7.11. The Labute approximate surface area is 146 Å². The summed E-state index contributed by atoms with van der Waals surface area (Å²) >= 11 is 2.70. The highest BCUT2D eigenvalue weighted by Crippen LogP contribution is 2.35. The van der Waals surface area contributed by atoms with Gasteiger partial charge in [0.1, 0.15) is 9.71 Å². The number of para-hydroxylation sites is 1. The smallest absolute Gasteiger partial charge is 0.269 e. The summed E-state index contributed by atoms with van der Waals surface area (Å²) < 4.78 is 0. The molecule has 0 aliphatic rings. The Morgan fingerprint density at radius 2 is 2.08 bits per heavy atom. The van der Waals surface area contributed by atoms with Crippen LogP contribution >= 0.6 is 22.7 Å². The van der Waals surface area contributed by atoms with E-state index in [4.69, 9.17) is 10.7 Å². The first-order valence-corrected chi connectivity index (χ1v) is 9.04. The molecule has 120 valence electrons. The van der Waals surface area contributed by atoms with Crippen LogP contribution in [0.25, 0.3) is 21.1 Å².